The van der Waals surface area contributed by atoms with E-state index in [1.54, 1.807) is 0 Å². The summed E-state index contributed by atoms with van der Waals surface area (Å²) in [7, 11) is 0. The van der Waals surface area contributed by atoms with Crippen molar-refractivity contribution in [2.75, 3.05) is 25.0 Å². The minimum atomic E-state index is -0.129. The minimum absolute atomic E-state index is 0.0432. The molecule has 21 heavy (non-hydrogen) atoms. The lowest BCUT2D eigenvalue weighted by atomic mass is 9.97. The maximum absolute atomic E-state index is 12.3. The van der Waals surface area contributed by atoms with Crippen LogP contribution in [-0.2, 0) is 11.2 Å². The number of nitrogens with zero attached hydrogens (tertiary/aromatic N) is 1. The number of aliphatic hydroxyl groups excluding tert-OH is 1. The molecule has 0 aromatic heterocycles. The molecule has 0 saturated carbocycles. The van der Waals surface area contributed by atoms with Gasteiger partial charge in [0.15, 0.2) is 0 Å². The summed E-state index contributed by atoms with van der Waals surface area (Å²) in [5.41, 5.74) is 2.13. The van der Waals surface area contributed by atoms with E-state index in [2.05, 4.69) is 17.1 Å². The Morgan fingerprint density at radius 1 is 1.33 bits per heavy atom. The van der Waals surface area contributed by atoms with Crippen molar-refractivity contribution in [3.8, 4) is 0 Å². The third-order valence-electron chi connectivity index (χ3n) is 4.46. The van der Waals surface area contributed by atoms with Gasteiger partial charge in [0.25, 0.3) is 0 Å². The lowest BCUT2D eigenvalue weighted by molar-refractivity contribution is -0.121. The van der Waals surface area contributed by atoms with Crippen LogP contribution in [-0.4, -0.2) is 41.7 Å². The average molecular weight is 290 g/mol. The largest absolute Gasteiger partial charge is 0.396 e. The van der Waals surface area contributed by atoms with Crippen molar-refractivity contribution < 1.29 is 9.90 Å². The van der Waals surface area contributed by atoms with Crippen LogP contribution in [0.4, 0.5) is 5.69 Å². The quantitative estimate of drug-likeness (QED) is 0.875. The molecule has 1 atom stereocenters. The van der Waals surface area contributed by atoms with Crippen molar-refractivity contribution in [1.82, 2.24) is 4.90 Å². The van der Waals surface area contributed by atoms with Gasteiger partial charge in [-0.15, -0.1) is 0 Å². The molecule has 4 nitrogen and oxygen atoms in total. The highest BCUT2D eigenvalue weighted by Gasteiger charge is 2.26. The van der Waals surface area contributed by atoms with Crippen LogP contribution in [0.25, 0.3) is 0 Å². The Morgan fingerprint density at radius 2 is 1.95 bits per heavy atom. The summed E-state index contributed by atoms with van der Waals surface area (Å²) in [6.45, 7) is 6.10. The summed E-state index contributed by atoms with van der Waals surface area (Å²) in [6, 6.07) is 7.89. The van der Waals surface area contributed by atoms with Crippen molar-refractivity contribution in [3.05, 3.63) is 29.8 Å². The molecule has 1 saturated heterocycles. The highest BCUT2D eigenvalue weighted by Crippen LogP contribution is 2.19. The summed E-state index contributed by atoms with van der Waals surface area (Å²) >= 11 is 0. The number of aryl methyl sites for hydroxylation is 1. The van der Waals surface area contributed by atoms with Crippen molar-refractivity contribution >= 4 is 11.6 Å². The van der Waals surface area contributed by atoms with Crippen LogP contribution in [0.3, 0.4) is 0 Å². The molecule has 1 fully saturated rings. The van der Waals surface area contributed by atoms with Gasteiger partial charge in [-0.2, -0.15) is 0 Å². The number of anilines is 1. The minimum Gasteiger partial charge on any atom is -0.396 e. The summed E-state index contributed by atoms with van der Waals surface area (Å²) in [6.07, 6.45) is 2.95. The number of likely N-dealkylation sites (tertiary alicyclic amines) is 1. The predicted molar refractivity (Wildman–Crippen MR) is 85.3 cm³/mol. The van der Waals surface area contributed by atoms with Crippen LogP contribution in [0.5, 0.6) is 0 Å². The number of hydrogen-bond acceptors (Lipinski definition) is 3. The maximum atomic E-state index is 12.3. The maximum Gasteiger partial charge on any atom is 0.241 e. The van der Waals surface area contributed by atoms with E-state index in [9.17, 15) is 4.79 Å². The Hall–Kier alpha value is -1.39. The highest BCUT2D eigenvalue weighted by molar-refractivity contribution is 5.94. The first-order chi connectivity index (χ1) is 10.1. The molecule has 2 rings (SSSR count). The van der Waals surface area contributed by atoms with Gasteiger partial charge in [-0.3, -0.25) is 9.69 Å². The van der Waals surface area contributed by atoms with Crippen molar-refractivity contribution in [2.24, 2.45) is 5.92 Å². The summed E-state index contributed by atoms with van der Waals surface area (Å²) < 4.78 is 0. The van der Waals surface area contributed by atoms with Gasteiger partial charge >= 0.3 is 0 Å². The predicted octanol–water partition coefficient (Wildman–Crippen LogP) is 2.28. The van der Waals surface area contributed by atoms with Crippen molar-refractivity contribution in [2.45, 2.75) is 39.2 Å². The molecule has 2 N–H and O–H groups in total. The Bertz CT molecular complexity index is 450. The lowest BCUT2D eigenvalue weighted by Crippen LogP contribution is -2.46. The standard InChI is InChI=1S/C17H26N2O2/c1-3-14-4-6-16(7-5-14)18-17(21)13(2)19-10-8-15(12-20)9-11-19/h4-7,13,15,20H,3,8-12H2,1-2H3,(H,18,21). The second kappa shape index (κ2) is 7.57. The molecule has 0 radical (unpaired) electrons. The third kappa shape index (κ3) is 4.29. The van der Waals surface area contributed by atoms with Gasteiger partial charge < -0.3 is 10.4 Å². The molecule has 1 aromatic rings. The fourth-order valence-electron chi connectivity index (χ4n) is 2.76. The molecule has 1 heterocycles. The molecule has 1 aliphatic heterocycles. The van der Waals surface area contributed by atoms with Crippen LogP contribution in [0.2, 0.25) is 0 Å². The molecular formula is C17H26N2O2. The van der Waals surface area contributed by atoms with Crippen LogP contribution < -0.4 is 5.32 Å². The number of amides is 1. The Labute approximate surface area is 127 Å². The summed E-state index contributed by atoms with van der Waals surface area (Å²) in [5.74, 6) is 0.444. The molecule has 0 bridgehead atoms. The number of nitrogens with one attached hydrogen (secondary N) is 1. The number of hydrogen-bond donors (Lipinski definition) is 2. The average Bonchev–Trinajstić information content (AvgIpc) is 2.55. The fraction of sp³-hybridized carbons (Fsp3) is 0.588. The van der Waals surface area contributed by atoms with Crippen molar-refractivity contribution in [3.63, 3.8) is 0 Å². The van der Waals surface area contributed by atoms with Gasteiger partial charge in [0.05, 0.1) is 6.04 Å². The molecule has 0 aliphatic carbocycles. The highest BCUT2D eigenvalue weighted by atomic mass is 16.3. The number of piperidine rings is 1. The molecule has 4 heteroatoms. The van der Waals surface area contributed by atoms with Gasteiger partial charge in [0, 0.05) is 12.3 Å². The molecule has 116 valence electrons. The van der Waals surface area contributed by atoms with E-state index in [1.807, 2.05) is 31.2 Å². The zero-order valence-corrected chi connectivity index (χ0v) is 13.0. The van der Waals surface area contributed by atoms with E-state index in [0.29, 0.717) is 5.92 Å². The van der Waals surface area contributed by atoms with Gasteiger partial charge in [-0.25, -0.2) is 0 Å². The number of benzene rings is 1. The van der Waals surface area contributed by atoms with Crippen LogP contribution in [0.15, 0.2) is 24.3 Å². The SMILES string of the molecule is CCc1ccc(NC(=O)C(C)N2CCC(CO)CC2)cc1. The zero-order chi connectivity index (χ0) is 15.2. The lowest BCUT2D eigenvalue weighted by Gasteiger charge is -2.34. The molecule has 1 aliphatic rings. The van der Waals surface area contributed by atoms with Crippen LogP contribution in [0, 0.1) is 5.92 Å². The van der Waals surface area contributed by atoms with E-state index < -0.39 is 0 Å². The second-order valence-electron chi connectivity index (χ2n) is 5.88. The molecule has 1 amide bonds. The van der Waals surface area contributed by atoms with Gasteiger partial charge in [-0.05, 0) is 62.9 Å². The third-order valence-corrected chi connectivity index (χ3v) is 4.46. The summed E-state index contributed by atoms with van der Waals surface area (Å²) in [5, 5.41) is 12.2. The second-order valence-corrected chi connectivity index (χ2v) is 5.88. The molecule has 0 spiro atoms. The van der Waals surface area contributed by atoms with E-state index >= 15 is 0 Å². The first-order valence-corrected chi connectivity index (χ1v) is 7.88. The Kier molecular flexibility index (Phi) is 5.76. The topological polar surface area (TPSA) is 52.6 Å². The van der Waals surface area contributed by atoms with Crippen LogP contribution in [0.1, 0.15) is 32.3 Å². The number of rotatable bonds is 5. The number of carbonyl (C=O) groups is 1. The normalized spacial score (nSPS) is 18.4. The number of carbonyl (C=O) groups excluding carboxylic acids is 1. The molecule has 1 unspecified atom stereocenters. The van der Waals surface area contributed by atoms with E-state index in [-0.39, 0.29) is 18.6 Å². The fourth-order valence-corrected chi connectivity index (χ4v) is 2.76. The van der Waals surface area contributed by atoms with E-state index in [0.717, 1.165) is 38.0 Å². The first-order valence-electron chi connectivity index (χ1n) is 7.88. The first kappa shape index (κ1) is 16.0. The van der Waals surface area contributed by atoms with Crippen LogP contribution >= 0.6 is 0 Å². The zero-order valence-electron chi connectivity index (χ0n) is 13.0. The Morgan fingerprint density at radius 3 is 2.48 bits per heavy atom. The van der Waals surface area contributed by atoms with Gasteiger partial charge in [0.1, 0.15) is 0 Å². The van der Waals surface area contributed by atoms with Crippen molar-refractivity contribution in [1.29, 1.82) is 0 Å². The molecule has 1 aromatic carbocycles. The van der Waals surface area contributed by atoms with Gasteiger partial charge in [-0.1, -0.05) is 19.1 Å². The smallest absolute Gasteiger partial charge is 0.241 e. The van der Waals surface area contributed by atoms with Gasteiger partial charge in [0.2, 0.25) is 5.91 Å². The summed E-state index contributed by atoms with van der Waals surface area (Å²) in [4.78, 5) is 14.5. The number of aliphatic hydroxyl groups is 1. The Balaban J connectivity index is 1.87. The monoisotopic (exact) mass is 290 g/mol. The van der Waals surface area contributed by atoms with E-state index in [1.165, 1.54) is 5.56 Å². The van der Waals surface area contributed by atoms with E-state index in [4.69, 9.17) is 5.11 Å². The molecular weight excluding hydrogens is 264 g/mol.